The zero-order chi connectivity index (χ0) is 15.1. The summed E-state index contributed by atoms with van der Waals surface area (Å²) in [4.78, 5) is 0. The number of aliphatic hydroxyl groups excluding tert-OH is 3. The molecule has 1 aliphatic heterocycles. The molecule has 2 atom stereocenters. The number of hydrogen-bond acceptors (Lipinski definition) is 3. The van der Waals surface area contributed by atoms with E-state index in [9.17, 15) is 15.3 Å². The summed E-state index contributed by atoms with van der Waals surface area (Å²) in [6, 6.07) is 0. The molecule has 0 spiro atoms. The second kappa shape index (κ2) is 23.1. The number of allylic oxidation sites excluding steroid dienone is 1. The van der Waals surface area contributed by atoms with E-state index < -0.39 is 6.10 Å². The Labute approximate surface area is 250 Å². The van der Waals surface area contributed by atoms with Gasteiger partial charge in [0, 0.05) is 131 Å². The molecule has 0 aliphatic carbocycles. The Morgan fingerprint density at radius 1 is 1.12 bits per heavy atom. The van der Waals surface area contributed by atoms with Crippen molar-refractivity contribution >= 4 is 0 Å². The Bertz CT molecular complexity index is 260. The molecular weight excluding hydrogens is 610 g/mol. The van der Waals surface area contributed by atoms with E-state index in [0.29, 0.717) is 37.1 Å². The molecule has 24 heavy (non-hydrogen) atoms. The number of hydrogen-bond donors (Lipinski definition) is 3. The van der Waals surface area contributed by atoms with Crippen LogP contribution < -0.4 is 0 Å². The maximum Gasteiger partial charge on any atom is 0.152 e. The Morgan fingerprint density at radius 2 is 1.46 bits per heavy atom. The molecule has 4 nitrogen and oxygen atoms in total. The van der Waals surface area contributed by atoms with Gasteiger partial charge in [-0.2, -0.15) is 0 Å². The minimum Gasteiger partial charge on any atom is -0.390 e. The molecule has 0 aromatic rings. The van der Waals surface area contributed by atoms with Gasteiger partial charge < -0.3 is 26.7 Å². The van der Waals surface area contributed by atoms with Crippen molar-refractivity contribution < 1.29 is 151 Å². The van der Waals surface area contributed by atoms with Crippen molar-refractivity contribution in [1.29, 1.82) is 0 Å². The molecule has 1 heterocycles. The molecule has 0 aromatic heterocycles. The van der Waals surface area contributed by atoms with E-state index >= 15 is 0 Å². The average Bonchev–Trinajstić information content (AvgIpc) is 2.25. The predicted octanol–water partition coefficient (Wildman–Crippen LogP) is 1.56. The number of aliphatic hydroxyl groups is 3. The van der Waals surface area contributed by atoms with Crippen LogP contribution in [0.2, 0.25) is 0 Å². The summed E-state index contributed by atoms with van der Waals surface area (Å²) in [5.74, 6) is 0. The van der Waals surface area contributed by atoms with Crippen molar-refractivity contribution in [3.63, 3.8) is 0 Å². The number of rotatable bonds is 6. The first-order valence-corrected chi connectivity index (χ1v) is 6.90. The zero-order valence-corrected chi connectivity index (χ0v) is 26.0. The van der Waals surface area contributed by atoms with Crippen LogP contribution in [0.1, 0.15) is 34.1 Å². The second-order valence-electron chi connectivity index (χ2n) is 5.69. The van der Waals surface area contributed by atoms with Crippen LogP contribution in [0.25, 0.3) is 0 Å². The summed E-state index contributed by atoms with van der Waals surface area (Å²) in [5.41, 5.74) is 0.917. The van der Waals surface area contributed by atoms with Crippen LogP contribution in [-0.4, -0.2) is 64.3 Å². The molecule has 0 aromatic carbocycles. The van der Waals surface area contributed by atoms with Crippen molar-refractivity contribution in [3.05, 3.63) is 26.0 Å². The Morgan fingerprint density at radius 3 is 1.71 bits per heavy atom. The van der Waals surface area contributed by atoms with Gasteiger partial charge in [-0.25, -0.2) is 19.1 Å². The zero-order valence-electron chi connectivity index (χ0n) is 14.7. The van der Waals surface area contributed by atoms with Crippen LogP contribution in [0.5, 0.6) is 0 Å². The monoisotopic (exact) mass is 644 g/mol. The topological polar surface area (TPSA) is 60.7 Å². The van der Waals surface area contributed by atoms with Crippen LogP contribution in [0.3, 0.4) is 0 Å². The van der Waals surface area contributed by atoms with Gasteiger partial charge in [0.15, 0.2) is 6.10 Å². The van der Waals surface area contributed by atoms with Gasteiger partial charge >= 0.3 is 0 Å². The molecule has 0 saturated carbocycles. The third-order valence-electron chi connectivity index (χ3n) is 3.20. The van der Waals surface area contributed by atoms with Crippen LogP contribution in [0.15, 0.2) is 12.2 Å². The largest absolute Gasteiger partial charge is 0.390 e. The third kappa shape index (κ3) is 20.6. The van der Waals surface area contributed by atoms with Gasteiger partial charge in [-0.15, -0.1) is 6.42 Å². The molecule has 1 fully saturated rings. The molecule has 0 amide bonds. The smallest absolute Gasteiger partial charge is 0.152 e. The molecule has 8 heteroatoms. The molecular formula is C16H34NO3Y4-. The van der Waals surface area contributed by atoms with E-state index in [1.165, 1.54) is 0 Å². The summed E-state index contributed by atoms with van der Waals surface area (Å²) in [6.07, 6.45) is 0.164. The maximum atomic E-state index is 9.64. The second-order valence-corrected chi connectivity index (χ2v) is 5.69. The molecule has 1 aliphatic rings. The summed E-state index contributed by atoms with van der Waals surface area (Å²) in [6.45, 7) is 16.9. The molecule has 3 N–H and O–H groups in total. The van der Waals surface area contributed by atoms with E-state index in [0.717, 1.165) is 12.0 Å². The molecule has 1 saturated heterocycles. The quantitative estimate of drug-likeness (QED) is 0.304. The van der Waals surface area contributed by atoms with E-state index in [2.05, 4.69) is 20.4 Å². The van der Waals surface area contributed by atoms with E-state index in [1.807, 2.05) is 13.8 Å². The van der Waals surface area contributed by atoms with Gasteiger partial charge in [-0.05, 0) is 6.42 Å². The number of quaternary nitrogens is 1. The maximum absolute atomic E-state index is 9.64. The van der Waals surface area contributed by atoms with Gasteiger partial charge in [0.1, 0.15) is 32.3 Å². The summed E-state index contributed by atoms with van der Waals surface area (Å²) in [7, 11) is 0. The van der Waals surface area contributed by atoms with Gasteiger partial charge in [0.25, 0.3) is 0 Å². The normalized spacial score (nSPS) is 22.7. The van der Waals surface area contributed by atoms with Gasteiger partial charge in [0.05, 0.1) is 6.10 Å². The van der Waals surface area contributed by atoms with Gasteiger partial charge in [-0.1, -0.05) is 21.3 Å². The molecule has 2 unspecified atom stereocenters. The summed E-state index contributed by atoms with van der Waals surface area (Å²) < 4.78 is 0.632. The third-order valence-corrected chi connectivity index (χ3v) is 3.20. The number of likely N-dealkylation sites (tertiary alicyclic amines) is 1. The predicted molar refractivity (Wildman–Crippen MR) is 84.9 cm³/mol. The van der Waals surface area contributed by atoms with Crippen LogP contribution in [-0.2, 0) is 131 Å². The van der Waals surface area contributed by atoms with E-state index in [1.54, 1.807) is 0 Å². The first kappa shape index (κ1) is 42.1. The SMILES string of the molecule is C.C=C([CH2-])C.[CH2-]CC(O)C[N+]1(CC(O)CC)CC(O)C1.[Y].[Y].[Y].[Y]. The fraction of sp³-hybridized carbons (Fsp3) is 0.750. The Kier molecular flexibility index (Phi) is 40.6. The molecule has 0 bridgehead atoms. The van der Waals surface area contributed by atoms with E-state index in [-0.39, 0.29) is 150 Å². The van der Waals surface area contributed by atoms with Crippen LogP contribution in [0.4, 0.5) is 0 Å². The van der Waals surface area contributed by atoms with Gasteiger partial charge in [0.2, 0.25) is 0 Å². The number of nitrogens with zero attached hydrogens (tertiary/aromatic N) is 1. The molecule has 134 valence electrons. The van der Waals surface area contributed by atoms with Crippen molar-refractivity contribution in [2.75, 3.05) is 26.2 Å². The fourth-order valence-corrected chi connectivity index (χ4v) is 2.33. The average molecular weight is 644 g/mol. The Hall–Kier alpha value is 3.87. The standard InChI is InChI=1S/C11H23NO3.C4H7.CH4.4Y/c1-3-9(13)5-12(6-10(14)4-2)7-11(15)8-12;1-4(2)3;;;;;/h9-11,13-15H,1,3-8H2,2H3;1-2H2,3H3;1H4;;;;/q;-1;;;;;. The Balaban J connectivity index is -0.0000000817. The first-order valence-electron chi connectivity index (χ1n) is 6.90. The van der Waals surface area contributed by atoms with Crippen molar-refractivity contribution in [1.82, 2.24) is 0 Å². The molecule has 1 rings (SSSR count). The fourth-order valence-electron chi connectivity index (χ4n) is 2.33. The van der Waals surface area contributed by atoms with Crippen molar-refractivity contribution in [2.24, 2.45) is 0 Å². The summed E-state index contributed by atoms with van der Waals surface area (Å²) >= 11 is 0. The van der Waals surface area contributed by atoms with Crippen LogP contribution in [0, 0.1) is 13.8 Å². The van der Waals surface area contributed by atoms with E-state index in [4.69, 9.17) is 0 Å². The van der Waals surface area contributed by atoms with Gasteiger partial charge in [-0.3, -0.25) is 0 Å². The minimum absolute atomic E-state index is 0. The van der Waals surface area contributed by atoms with Crippen molar-refractivity contribution in [2.45, 2.75) is 52.4 Å². The molecule has 4 radical (unpaired) electrons. The van der Waals surface area contributed by atoms with Crippen LogP contribution >= 0.6 is 0 Å². The first-order chi connectivity index (χ1) is 8.74. The minimum atomic E-state index is -0.429. The summed E-state index contributed by atoms with van der Waals surface area (Å²) in [5, 5.41) is 28.6. The van der Waals surface area contributed by atoms with Crippen molar-refractivity contribution in [3.8, 4) is 0 Å².